The van der Waals surface area contributed by atoms with Crippen molar-refractivity contribution in [3.8, 4) is 0 Å². The van der Waals surface area contributed by atoms with Crippen LogP contribution < -0.4 is 0 Å². The second kappa shape index (κ2) is 17.2. The van der Waals surface area contributed by atoms with E-state index in [1.54, 1.807) is 31.2 Å². The number of nitrogens with zero attached hydrogens (tertiary/aromatic N) is 2. The van der Waals surface area contributed by atoms with Crippen molar-refractivity contribution in [1.82, 2.24) is 9.80 Å². The summed E-state index contributed by atoms with van der Waals surface area (Å²) >= 11 is 12.1. The van der Waals surface area contributed by atoms with Gasteiger partial charge in [0.05, 0.1) is 13.2 Å². The van der Waals surface area contributed by atoms with E-state index < -0.39 is 12.1 Å². The molecule has 0 amide bonds. The molecule has 11 heteroatoms. The van der Waals surface area contributed by atoms with Gasteiger partial charge in [-0.25, -0.2) is 9.18 Å². The van der Waals surface area contributed by atoms with E-state index in [0.717, 1.165) is 70.3 Å². The van der Waals surface area contributed by atoms with Crippen molar-refractivity contribution in [3.63, 3.8) is 0 Å². The maximum atomic E-state index is 14.3. The van der Waals surface area contributed by atoms with Crippen LogP contribution in [0.25, 0.3) is 0 Å². The van der Waals surface area contributed by atoms with Gasteiger partial charge in [0.15, 0.2) is 10.9 Å². The minimum absolute atomic E-state index is 0. The summed E-state index contributed by atoms with van der Waals surface area (Å²) in [4.78, 5) is 40.3. The van der Waals surface area contributed by atoms with Gasteiger partial charge in [-0.1, -0.05) is 59.8 Å². The number of benzene rings is 2. The number of ether oxygens (including phenoxy) is 1. The number of esters is 1. The van der Waals surface area contributed by atoms with E-state index in [4.69, 9.17) is 16.3 Å². The fraction of sp³-hybridized carbons (Fsp3) is 0.531. The van der Waals surface area contributed by atoms with Gasteiger partial charge in [-0.15, -0.1) is 12.4 Å². The number of hydrogen-bond acceptors (Lipinski definition) is 8. The lowest BCUT2D eigenvalue weighted by atomic mass is 9.95. The minimum atomic E-state index is -0.466. The molecule has 0 aromatic heterocycles. The van der Waals surface area contributed by atoms with Gasteiger partial charge in [-0.3, -0.25) is 19.4 Å². The Morgan fingerprint density at radius 1 is 0.884 bits per heavy atom. The fourth-order valence-electron chi connectivity index (χ4n) is 5.73. The molecule has 1 saturated carbocycles. The van der Waals surface area contributed by atoms with Gasteiger partial charge >= 0.3 is 5.97 Å². The third-order valence-electron chi connectivity index (χ3n) is 8.11. The fourth-order valence-corrected chi connectivity index (χ4v) is 7.12. The Bertz CT molecular complexity index is 1240. The van der Waals surface area contributed by atoms with Gasteiger partial charge in [-0.2, -0.15) is 12.6 Å². The van der Waals surface area contributed by atoms with E-state index in [-0.39, 0.29) is 41.0 Å². The molecule has 3 aliphatic rings. The molecule has 0 radical (unpaired) electrons. The van der Waals surface area contributed by atoms with Gasteiger partial charge in [-0.05, 0) is 56.2 Å². The molecule has 2 unspecified atom stereocenters. The number of piperidine rings is 2. The number of halogens is 3. The first kappa shape index (κ1) is 35.9. The van der Waals surface area contributed by atoms with Crippen molar-refractivity contribution in [3.05, 3.63) is 70.5 Å². The summed E-state index contributed by atoms with van der Waals surface area (Å²) in [5.41, 5.74) is 1.32. The van der Waals surface area contributed by atoms with Crippen molar-refractivity contribution >= 4 is 65.3 Å². The van der Waals surface area contributed by atoms with E-state index in [2.05, 4.69) is 22.4 Å². The van der Waals surface area contributed by atoms with Crippen LogP contribution in [0.4, 0.5) is 4.39 Å². The first-order chi connectivity index (χ1) is 20.2. The summed E-state index contributed by atoms with van der Waals surface area (Å²) in [6, 6.07) is 13.2. The molecule has 2 heterocycles. The van der Waals surface area contributed by atoms with Gasteiger partial charge in [0, 0.05) is 60.1 Å². The molecular weight excluding hydrogens is 630 g/mol. The molecule has 1 aliphatic carbocycles. The van der Waals surface area contributed by atoms with Crippen LogP contribution in [0.5, 0.6) is 0 Å². The van der Waals surface area contributed by atoms with Crippen molar-refractivity contribution < 1.29 is 23.5 Å². The Morgan fingerprint density at radius 2 is 1.42 bits per heavy atom. The monoisotopic (exact) mass is 670 g/mol. The maximum absolute atomic E-state index is 14.3. The van der Waals surface area contributed by atoms with Gasteiger partial charge in [0.1, 0.15) is 11.9 Å². The van der Waals surface area contributed by atoms with Crippen LogP contribution in [0.1, 0.15) is 68.7 Å². The van der Waals surface area contributed by atoms with E-state index in [9.17, 15) is 18.8 Å². The van der Waals surface area contributed by atoms with E-state index in [0.29, 0.717) is 21.1 Å². The number of likely N-dealkylation sites (tertiary alicyclic amines) is 2. The molecule has 3 fully saturated rings. The SMILES string of the molecule is CC(=O)SC1CCN(C(C(=O)C2CC2)c2ccccc2F)CC1.COC(=O)C(c1ccccc1Cl)N1CCC(S)CC1.Cl. The third-order valence-corrected chi connectivity index (χ3v) is 10.1. The topological polar surface area (TPSA) is 66.9 Å². The van der Waals surface area contributed by atoms with Gasteiger partial charge in [0.25, 0.3) is 0 Å². The predicted octanol–water partition coefficient (Wildman–Crippen LogP) is 6.96. The molecule has 5 rings (SSSR count). The van der Waals surface area contributed by atoms with Crippen molar-refractivity contribution in [2.75, 3.05) is 33.3 Å². The molecule has 0 spiro atoms. The van der Waals surface area contributed by atoms with Crippen molar-refractivity contribution in [2.45, 2.75) is 68.0 Å². The van der Waals surface area contributed by atoms with E-state index in [1.165, 1.54) is 24.9 Å². The van der Waals surface area contributed by atoms with E-state index >= 15 is 0 Å². The number of thiol groups is 1. The highest BCUT2D eigenvalue weighted by atomic mass is 35.5. The number of thioether (sulfide) groups is 1. The lowest BCUT2D eigenvalue weighted by molar-refractivity contribution is -0.147. The normalized spacial score (nSPS) is 19.7. The number of ketones is 1. The smallest absolute Gasteiger partial charge is 0.327 e. The molecule has 2 atom stereocenters. The highest BCUT2D eigenvalue weighted by molar-refractivity contribution is 8.14. The number of carbonyl (C=O) groups is 3. The zero-order valence-corrected chi connectivity index (χ0v) is 27.9. The number of hydrogen-bond donors (Lipinski definition) is 1. The number of rotatable bonds is 8. The quantitative estimate of drug-likeness (QED) is 0.241. The zero-order chi connectivity index (χ0) is 30.2. The van der Waals surface area contributed by atoms with Crippen LogP contribution in [0.15, 0.2) is 48.5 Å². The Morgan fingerprint density at radius 3 is 1.95 bits per heavy atom. The molecular formula is C32H41Cl2FN2O4S2. The number of Topliss-reactive ketones (excluding diaryl/α,β-unsaturated/α-hetero) is 1. The van der Waals surface area contributed by atoms with Crippen LogP contribution in [0.3, 0.4) is 0 Å². The summed E-state index contributed by atoms with van der Waals surface area (Å²) in [5.74, 6) is -0.297. The van der Waals surface area contributed by atoms with Crippen LogP contribution in [0.2, 0.25) is 5.02 Å². The molecule has 43 heavy (non-hydrogen) atoms. The molecule has 2 saturated heterocycles. The zero-order valence-electron chi connectivity index (χ0n) is 24.6. The Hall–Kier alpha value is -1.62. The molecule has 2 aromatic carbocycles. The average molecular weight is 672 g/mol. The standard InChI is InChI=1S/C18H22FNO2S.C14H18ClNO2S.ClH/c1-12(21)23-14-8-10-20(11-9-14)17(18(22)13-6-7-13)15-4-2-3-5-16(15)19;1-18-14(17)13(11-4-2-3-5-12(11)15)16-8-6-10(19)7-9-16;/h2-5,13-14,17H,6-11H2,1H3;2-5,10,13,19H,6-9H2,1H3;1H. The van der Waals surface area contributed by atoms with Crippen LogP contribution >= 0.6 is 48.4 Å². The molecule has 0 N–H and O–H groups in total. The Labute approximate surface area is 275 Å². The number of carbonyl (C=O) groups excluding carboxylic acids is 3. The molecule has 0 bridgehead atoms. The summed E-state index contributed by atoms with van der Waals surface area (Å²) in [6.45, 7) is 4.74. The van der Waals surface area contributed by atoms with E-state index in [1.807, 2.05) is 18.2 Å². The third kappa shape index (κ3) is 9.93. The van der Waals surface area contributed by atoms with Crippen molar-refractivity contribution in [1.29, 1.82) is 0 Å². The second-order valence-corrected chi connectivity index (χ2v) is 13.8. The van der Waals surface area contributed by atoms with Crippen LogP contribution in [-0.2, 0) is 19.1 Å². The molecule has 2 aliphatic heterocycles. The van der Waals surface area contributed by atoms with Crippen LogP contribution in [0, 0.1) is 11.7 Å². The summed E-state index contributed by atoms with van der Waals surface area (Å²) in [5, 5.41) is 1.48. The molecule has 6 nitrogen and oxygen atoms in total. The van der Waals surface area contributed by atoms with Crippen molar-refractivity contribution in [2.24, 2.45) is 5.92 Å². The first-order valence-corrected chi connectivity index (χ1v) is 16.4. The van der Waals surface area contributed by atoms with Gasteiger partial charge in [0.2, 0.25) is 0 Å². The lowest BCUT2D eigenvalue weighted by Gasteiger charge is -2.36. The first-order valence-electron chi connectivity index (χ1n) is 14.6. The minimum Gasteiger partial charge on any atom is -0.468 e. The number of methoxy groups -OCH3 is 1. The van der Waals surface area contributed by atoms with Gasteiger partial charge < -0.3 is 4.74 Å². The maximum Gasteiger partial charge on any atom is 0.327 e. The Balaban J connectivity index is 0.000000234. The highest BCUT2D eigenvalue weighted by Crippen LogP contribution is 2.39. The second-order valence-electron chi connectivity index (χ2n) is 11.2. The lowest BCUT2D eigenvalue weighted by Crippen LogP contribution is -2.42. The Kier molecular flexibility index (Phi) is 14.3. The summed E-state index contributed by atoms with van der Waals surface area (Å²) < 4.78 is 19.2. The summed E-state index contributed by atoms with van der Waals surface area (Å²) in [7, 11) is 1.41. The largest absolute Gasteiger partial charge is 0.468 e. The summed E-state index contributed by atoms with van der Waals surface area (Å²) in [6.07, 6.45) is 5.54. The molecule has 236 valence electrons. The highest BCUT2D eigenvalue weighted by Gasteiger charge is 2.40. The average Bonchev–Trinajstić information content (AvgIpc) is 3.83. The molecule has 2 aromatic rings. The van der Waals surface area contributed by atoms with Crippen LogP contribution in [-0.4, -0.2) is 70.5 Å². The predicted molar refractivity (Wildman–Crippen MR) is 177 cm³/mol.